The van der Waals surface area contributed by atoms with Crippen molar-refractivity contribution in [1.29, 1.82) is 0 Å². The van der Waals surface area contributed by atoms with E-state index in [0.717, 1.165) is 0 Å². The van der Waals surface area contributed by atoms with Gasteiger partial charge in [-0.25, -0.2) is 0 Å². The minimum absolute atomic E-state index is 0.418. The van der Waals surface area contributed by atoms with Crippen LogP contribution >= 0.6 is 11.8 Å². The monoisotopic (exact) mass is 612 g/mol. The first kappa shape index (κ1) is 25.8. The Labute approximate surface area is 278 Å². The number of allylic oxidation sites excluding steroid dienone is 6. The summed E-state index contributed by atoms with van der Waals surface area (Å²) >= 11 is 1.89. The first-order valence-electron chi connectivity index (χ1n) is 16.5. The molecule has 0 nitrogen and oxygen atoms in total. The van der Waals surface area contributed by atoms with Gasteiger partial charge >= 0.3 is 0 Å². The smallest absolute Gasteiger partial charge is 0.0716 e. The Morgan fingerprint density at radius 2 is 1.30 bits per heavy atom. The van der Waals surface area contributed by atoms with Crippen LogP contribution in [-0.4, -0.2) is 0 Å². The first-order chi connectivity index (χ1) is 23.3. The zero-order valence-electron chi connectivity index (χ0n) is 25.6. The van der Waals surface area contributed by atoms with E-state index >= 15 is 0 Å². The molecule has 0 bridgehead atoms. The van der Waals surface area contributed by atoms with Crippen LogP contribution in [0.4, 0.5) is 0 Å². The average Bonchev–Trinajstić information content (AvgIpc) is 3.88. The topological polar surface area (TPSA) is 0 Å². The van der Waals surface area contributed by atoms with Gasteiger partial charge in [0.15, 0.2) is 0 Å². The maximum absolute atomic E-state index is 2.53. The summed E-state index contributed by atoms with van der Waals surface area (Å²) in [5.41, 5.74) is 14.4. The molecule has 1 unspecified atom stereocenters. The fourth-order valence-corrected chi connectivity index (χ4v) is 9.87. The van der Waals surface area contributed by atoms with Crippen LogP contribution in [0.2, 0.25) is 0 Å². The third kappa shape index (κ3) is 3.45. The highest BCUT2D eigenvalue weighted by molar-refractivity contribution is 7.99. The molecule has 1 aliphatic heterocycles. The molecule has 1 heteroatoms. The summed E-state index contributed by atoms with van der Waals surface area (Å²) < 4.78 is 0. The predicted molar refractivity (Wildman–Crippen MR) is 197 cm³/mol. The number of fused-ring (bicyclic) bond motifs is 7. The molecule has 3 aliphatic carbocycles. The Hall–Kier alpha value is -5.37. The van der Waals surface area contributed by atoms with E-state index in [0.29, 0.717) is 5.92 Å². The SMILES string of the molecule is C1=C[C@H]2C=C2C(C2(c3ccccc3)c3cc(-c4ccc5c6c(cccc46)-c4ccccc4S5)ccc3-c3cc4ccccc4cc32)=C1. The van der Waals surface area contributed by atoms with Crippen LogP contribution in [0, 0.1) is 5.92 Å². The molecule has 218 valence electrons. The third-order valence-electron chi connectivity index (χ3n) is 10.8. The Bertz CT molecular complexity index is 2600. The minimum Gasteiger partial charge on any atom is -0.0888 e. The van der Waals surface area contributed by atoms with Crippen LogP contribution in [0.25, 0.3) is 54.9 Å². The number of benzene rings is 7. The Morgan fingerprint density at radius 1 is 0.532 bits per heavy atom. The van der Waals surface area contributed by atoms with Crippen molar-refractivity contribution in [3.8, 4) is 33.4 Å². The van der Waals surface area contributed by atoms with Gasteiger partial charge in [0, 0.05) is 21.1 Å². The number of rotatable bonds is 3. The van der Waals surface area contributed by atoms with E-state index in [1.165, 1.54) is 92.6 Å². The molecule has 0 radical (unpaired) electrons. The lowest BCUT2D eigenvalue weighted by atomic mass is 9.65. The largest absolute Gasteiger partial charge is 0.0888 e. The number of hydrogen-bond acceptors (Lipinski definition) is 1. The second-order valence-electron chi connectivity index (χ2n) is 13.2. The van der Waals surface area contributed by atoms with Crippen LogP contribution in [0.5, 0.6) is 0 Å². The van der Waals surface area contributed by atoms with Crippen LogP contribution < -0.4 is 0 Å². The summed E-state index contributed by atoms with van der Waals surface area (Å²) in [7, 11) is 0. The molecule has 47 heavy (non-hydrogen) atoms. The first-order valence-corrected chi connectivity index (χ1v) is 17.3. The van der Waals surface area contributed by atoms with E-state index in [9.17, 15) is 0 Å². The summed E-state index contributed by atoms with van der Waals surface area (Å²) in [5, 5.41) is 5.25. The average molecular weight is 613 g/mol. The van der Waals surface area contributed by atoms with Gasteiger partial charge in [-0.3, -0.25) is 0 Å². The lowest BCUT2D eigenvalue weighted by molar-refractivity contribution is 0.753. The molecular formula is C46H28S. The van der Waals surface area contributed by atoms with Crippen molar-refractivity contribution in [3.63, 3.8) is 0 Å². The van der Waals surface area contributed by atoms with E-state index in [2.05, 4.69) is 164 Å². The van der Waals surface area contributed by atoms with Crippen LogP contribution in [0.15, 0.2) is 185 Å². The quantitative estimate of drug-likeness (QED) is 0.191. The Morgan fingerprint density at radius 3 is 2.21 bits per heavy atom. The molecule has 7 aromatic carbocycles. The highest BCUT2D eigenvalue weighted by Gasteiger charge is 2.51. The van der Waals surface area contributed by atoms with Gasteiger partial charge in [0.2, 0.25) is 0 Å². The molecule has 0 amide bonds. The highest BCUT2D eigenvalue weighted by atomic mass is 32.2. The highest BCUT2D eigenvalue weighted by Crippen LogP contribution is 2.62. The summed E-state index contributed by atoms with van der Waals surface area (Å²) in [5.74, 6) is 0.438. The molecule has 0 spiro atoms. The Balaban J connectivity index is 1.22. The van der Waals surface area contributed by atoms with Crippen molar-refractivity contribution in [3.05, 3.63) is 192 Å². The molecule has 0 fully saturated rings. The van der Waals surface area contributed by atoms with Crippen molar-refractivity contribution in [2.75, 3.05) is 0 Å². The maximum Gasteiger partial charge on any atom is 0.0716 e. The standard InChI is InChI=1S/C46H28S/c1-2-13-32(14-3-1)46(40-18-8-12-30-25-38(30)40)41-27-31(20-21-34(41)39-24-28-10-4-5-11-29(28)26-42(39)46)33-22-23-44-45-36(33)16-9-17-37(45)35-15-6-7-19-43(35)47-44/h1-27,30H/t30-,46?/m0/s1. The lowest BCUT2D eigenvalue weighted by Gasteiger charge is -2.36. The third-order valence-corrected chi connectivity index (χ3v) is 12.0. The zero-order valence-corrected chi connectivity index (χ0v) is 26.4. The molecule has 0 saturated heterocycles. The summed E-state index contributed by atoms with van der Waals surface area (Å²) in [6.45, 7) is 0. The molecule has 0 saturated carbocycles. The van der Waals surface area contributed by atoms with Crippen molar-refractivity contribution in [2.45, 2.75) is 15.2 Å². The van der Waals surface area contributed by atoms with Crippen molar-refractivity contribution >= 4 is 33.3 Å². The zero-order chi connectivity index (χ0) is 30.7. The maximum atomic E-state index is 2.53. The van der Waals surface area contributed by atoms with Crippen LogP contribution in [0.1, 0.15) is 16.7 Å². The van der Waals surface area contributed by atoms with Crippen molar-refractivity contribution in [2.24, 2.45) is 5.92 Å². The minimum atomic E-state index is -0.418. The van der Waals surface area contributed by atoms with Crippen LogP contribution in [-0.2, 0) is 5.41 Å². The van der Waals surface area contributed by atoms with Crippen molar-refractivity contribution < 1.29 is 0 Å². The van der Waals surface area contributed by atoms with Crippen LogP contribution in [0.3, 0.4) is 0 Å². The van der Waals surface area contributed by atoms with E-state index in [1.54, 1.807) is 0 Å². The van der Waals surface area contributed by atoms with Crippen molar-refractivity contribution in [1.82, 2.24) is 0 Å². The molecule has 11 rings (SSSR count). The molecule has 4 aliphatic rings. The molecular weight excluding hydrogens is 585 g/mol. The van der Waals surface area contributed by atoms with E-state index < -0.39 is 5.41 Å². The van der Waals surface area contributed by atoms with E-state index in [-0.39, 0.29) is 0 Å². The molecule has 0 N–H and O–H groups in total. The van der Waals surface area contributed by atoms with Gasteiger partial charge in [0.05, 0.1) is 5.41 Å². The lowest BCUT2D eigenvalue weighted by Crippen LogP contribution is -2.30. The van der Waals surface area contributed by atoms with E-state index in [1.807, 2.05) is 11.8 Å². The summed E-state index contributed by atoms with van der Waals surface area (Å²) in [6.07, 6.45) is 9.43. The fourth-order valence-electron chi connectivity index (χ4n) is 8.74. The number of hydrogen-bond donors (Lipinski definition) is 0. The molecule has 1 heterocycles. The van der Waals surface area contributed by atoms with Gasteiger partial charge in [0.25, 0.3) is 0 Å². The Kier molecular flexibility index (Phi) is 5.13. The van der Waals surface area contributed by atoms with E-state index in [4.69, 9.17) is 0 Å². The fraction of sp³-hybridized carbons (Fsp3) is 0.0435. The second-order valence-corrected chi connectivity index (χ2v) is 14.3. The van der Waals surface area contributed by atoms with Gasteiger partial charge in [-0.15, -0.1) is 0 Å². The van der Waals surface area contributed by atoms with Gasteiger partial charge in [0.1, 0.15) is 0 Å². The second kappa shape index (κ2) is 9.35. The predicted octanol–water partition coefficient (Wildman–Crippen LogP) is 12.2. The normalized spacial score (nSPS) is 19.4. The van der Waals surface area contributed by atoms with Gasteiger partial charge < -0.3 is 0 Å². The molecule has 0 aromatic heterocycles. The molecule has 2 atom stereocenters. The van der Waals surface area contributed by atoms with Gasteiger partial charge in [-0.2, -0.15) is 0 Å². The summed E-state index contributed by atoms with van der Waals surface area (Å²) in [4.78, 5) is 2.67. The van der Waals surface area contributed by atoms with Gasteiger partial charge in [-0.1, -0.05) is 145 Å². The van der Waals surface area contributed by atoms with Gasteiger partial charge in [-0.05, 0) is 108 Å². The molecule has 7 aromatic rings. The summed E-state index contributed by atoms with van der Waals surface area (Å²) in [6, 6.07) is 52.6.